The zero-order chi connectivity index (χ0) is 22.8. The number of carbonyl (C=O) groups excluding carboxylic acids is 2. The summed E-state index contributed by atoms with van der Waals surface area (Å²) in [6.45, 7) is 8.04. The van der Waals surface area contributed by atoms with Crippen LogP contribution in [0, 0.1) is 6.92 Å². The number of nitrogens with one attached hydrogen (secondary N) is 1. The molecule has 6 nitrogen and oxygen atoms in total. The summed E-state index contributed by atoms with van der Waals surface area (Å²) < 4.78 is 11.0. The minimum absolute atomic E-state index is 0.0445. The highest BCUT2D eigenvalue weighted by molar-refractivity contribution is 5.88. The van der Waals surface area contributed by atoms with E-state index in [1.54, 1.807) is 12.0 Å². The van der Waals surface area contributed by atoms with Crippen molar-refractivity contribution in [1.82, 2.24) is 10.2 Å². The van der Waals surface area contributed by atoms with E-state index >= 15 is 0 Å². The van der Waals surface area contributed by atoms with E-state index in [9.17, 15) is 9.59 Å². The van der Waals surface area contributed by atoms with Crippen molar-refractivity contribution in [2.24, 2.45) is 0 Å². The number of benzene rings is 2. The summed E-state index contributed by atoms with van der Waals surface area (Å²) in [5, 5.41) is 3.01. The molecule has 0 saturated carbocycles. The lowest BCUT2D eigenvalue weighted by Gasteiger charge is -2.31. The second kappa shape index (κ2) is 12.0. The Bertz CT molecular complexity index is 851. The summed E-state index contributed by atoms with van der Waals surface area (Å²) in [6.07, 6.45) is 1.33. The van der Waals surface area contributed by atoms with Gasteiger partial charge in [-0.1, -0.05) is 38.1 Å². The molecule has 2 rings (SSSR count). The molecule has 0 spiro atoms. The Morgan fingerprint density at radius 1 is 1.03 bits per heavy atom. The van der Waals surface area contributed by atoms with E-state index in [1.165, 1.54) is 0 Å². The molecule has 0 aliphatic heterocycles. The van der Waals surface area contributed by atoms with Gasteiger partial charge in [0.1, 0.15) is 17.5 Å². The first-order valence-corrected chi connectivity index (χ1v) is 10.8. The minimum Gasteiger partial charge on any atom is -0.497 e. The van der Waals surface area contributed by atoms with Gasteiger partial charge in [0.15, 0.2) is 6.61 Å². The molecule has 0 aliphatic rings. The van der Waals surface area contributed by atoms with Gasteiger partial charge in [-0.05, 0) is 62.1 Å². The van der Waals surface area contributed by atoms with Crippen LogP contribution in [0.25, 0.3) is 0 Å². The zero-order valence-electron chi connectivity index (χ0n) is 19.2. The number of amides is 2. The SMILES string of the molecule is CCC(C)NC(=O)C(CC)N(Cc1ccc(OC)cc1)C(=O)COc1cccc(C)c1. The van der Waals surface area contributed by atoms with Gasteiger partial charge < -0.3 is 19.7 Å². The van der Waals surface area contributed by atoms with Crippen LogP contribution in [0.2, 0.25) is 0 Å². The maximum absolute atomic E-state index is 13.2. The molecular formula is C25H34N2O4. The molecule has 0 bridgehead atoms. The first kappa shape index (κ1) is 24.3. The van der Waals surface area contributed by atoms with Crippen molar-refractivity contribution in [2.75, 3.05) is 13.7 Å². The molecule has 2 amide bonds. The van der Waals surface area contributed by atoms with Crippen molar-refractivity contribution in [3.63, 3.8) is 0 Å². The number of ether oxygens (including phenoxy) is 2. The fourth-order valence-electron chi connectivity index (χ4n) is 3.22. The lowest BCUT2D eigenvalue weighted by molar-refractivity contribution is -0.143. The van der Waals surface area contributed by atoms with Gasteiger partial charge in [0.2, 0.25) is 5.91 Å². The molecule has 6 heteroatoms. The molecule has 2 aromatic carbocycles. The van der Waals surface area contributed by atoms with Gasteiger partial charge in [0.25, 0.3) is 5.91 Å². The van der Waals surface area contributed by atoms with E-state index < -0.39 is 6.04 Å². The number of nitrogens with zero attached hydrogens (tertiary/aromatic N) is 1. The van der Waals surface area contributed by atoms with Crippen LogP contribution in [0.15, 0.2) is 48.5 Å². The third kappa shape index (κ3) is 7.31. The molecule has 168 valence electrons. The predicted molar refractivity (Wildman–Crippen MR) is 122 cm³/mol. The molecule has 0 radical (unpaired) electrons. The first-order chi connectivity index (χ1) is 14.9. The number of methoxy groups -OCH3 is 1. The van der Waals surface area contributed by atoms with Crippen LogP contribution in [-0.4, -0.2) is 42.5 Å². The third-order valence-corrected chi connectivity index (χ3v) is 5.25. The van der Waals surface area contributed by atoms with Crippen molar-refractivity contribution in [3.05, 3.63) is 59.7 Å². The predicted octanol–water partition coefficient (Wildman–Crippen LogP) is 4.10. The molecule has 2 atom stereocenters. The topological polar surface area (TPSA) is 67.9 Å². The molecule has 31 heavy (non-hydrogen) atoms. The van der Waals surface area contributed by atoms with Crippen LogP contribution in [0.3, 0.4) is 0 Å². The van der Waals surface area contributed by atoms with E-state index in [1.807, 2.05) is 76.2 Å². The number of hydrogen-bond acceptors (Lipinski definition) is 4. The lowest BCUT2D eigenvalue weighted by atomic mass is 10.1. The number of carbonyl (C=O) groups is 2. The highest BCUT2D eigenvalue weighted by atomic mass is 16.5. The van der Waals surface area contributed by atoms with Crippen molar-refractivity contribution >= 4 is 11.8 Å². The average Bonchev–Trinajstić information content (AvgIpc) is 2.77. The van der Waals surface area contributed by atoms with Crippen LogP contribution in [-0.2, 0) is 16.1 Å². The largest absolute Gasteiger partial charge is 0.497 e. The van der Waals surface area contributed by atoms with Gasteiger partial charge in [-0.3, -0.25) is 9.59 Å². The summed E-state index contributed by atoms with van der Waals surface area (Å²) >= 11 is 0. The summed E-state index contributed by atoms with van der Waals surface area (Å²) in [4.78, 5) is 27.7. The van der Waals surface area contributed by atoms with E-state index in [0.29, 0.717) is 18.7 Å². The summed E-state index contributed by atoms with van der Waals surface area (Å²) in [6, 6.07) is 14.5. The van der Waals surface area contributed by atoms with E-state index in [0.717, 1.165) is 23.3 Å². The Morgan fingerprint density at radius 3 is 2.32 bits per heavy atom. The average molecular weight is 427 g/mol. The van der Waals surface area contributed by atoms with E-state index in [2.05, 4.69) is 5.32 Å². The molecule has 0 fully saturated rings. The first-order valence-electron chi connectivity index (χ1n) is 10.8. The van der Waals surface area contributed by atoms with Gasteiger partial charge in [-0.2, -0.15) is 0 Å². The standard InChI is InChI=1S/C25H34N2O4/c1-6-19(4)26-25(29)23(7-2)27(16-20-11-13-21(30-5)14-12-20)24(28)17-31-22-10-8-9-18(3)15-22/h8-15,19,23H,6-7,16-17H2,1-5H3,(H,26,29). The second-order valence-corrected chi connectivity index (χ2v) is 7.72. The smallest absolute Gasteiger partial charge is 0.261 e. The Hall–Kier alpha value is -3.02. The van der Waals surface area contributed by atoms with Crippen LogP contribution >= 0.6 is 0 Å². The molecule has 0 heterocycles. The number of rotatable bonds is 11. The normalized spacial score (nSPS) is 12.5. The molecule has 0 aliphatic carbocycles. The summed E-state index contributed by atoms with van der Waals surface area (Å²) in [7, 11) is 1.61. The monoisotopic (exact) mass is 426 g/mol. The summed E-state index contributed by atoms with van der Waals surface area (Å²) in [5.41, 5.74) is 1.97. The maximum Gasteiger partial charge on any atom is 0.261 e. The number of aryl methyl sites for hydroxylation is 1. The summed E-state index contributed by atoms with van der Waals surface area (Å²) in [5.74, 6) is 0.999. The van der Waals surface area contributed by atoms with E-state index in [-0.39, 0.29) is 24.5 Å². The van der Waals surface area contributed by atoms with Gasteiger partial charge in [-0.25, -0.2) is 0 Å². The molecule has 1 N–H and O–H groups in total. The lowest BCUT2D eigenvalue weighted by Crippen LogP contribution is -2.51. The maximum atomic E-state index is 13.2. The fourth-order valence-corrected chi connectivity index (χ4v) is 3.22. The van der Waals surface area contributed by atoms with Crippen LogP contribution in [0.5, 0.6) is 11.5 Å². The Balaban J connectivity index is 2.21. The van der Waals surface area contributed by atoms with E-state index in [4.69, 9.17) is 9.47 Å². The minimum atomic E-state index is -0.579. The molecule has 0 aromatic heterocycles. The Labute approximate surface area is 185 Å². The van der Waals surface area contributed by atoms with Crippen molar-refractivity contribution in [3.8, 4) is 11.5 Å². The third-order valence-electron chi connectivity index (χ3n) is 5.25. The van der Waals surface area contributed by atoms with Crippen LogP contribution in [0.4, 0.5) is 0 Å². The van der Waals surface area contributed by atoms with Gasteiger partial charge in [-0.15, -0.1) is 0 Å². The molecule has 2 aromatic rings. The highest BCUT2D eigenvalue weighted by Gasteiger charge is 2.29. The van der Waals surface area contributed by atoms with Gasteiger partial charge in [0.05, 0.1) is 7.11 Å². The number of hydrogen-bond donors (Lipinski definition) is 1. The Morgan fingerprint density at radius 2 is 1.74 bits per heavy atom. The molecule has 2 unspecified atom stereocenters. The van der Waals surface area contributed by atoms with Crippen molar-refractivity contribution < 1.29 is 19.1 Å². The highest BCUT2D eigenvalue weighted by Crippen LogP contribution is 2.18. The zero-order valence-corrected chi connectivity index (χ0v) is 19.2. The fraction of sp³-hybridized carbons (Fsp3) is 0.440. The van der Waals surface area contributed by atoms with Crippen LogP contribution in [0.1, 0.15) is 44.7 Å². The Kier molecular flexibility index (Phi) is 9.38. The van der Waals surface area contributed by atoms with Gasteiger partial charge >= 0.3 is 0 Å². The molecule has 0 saturated heterocycles. The second-order valence-electron chi connectivity index (χ2n) is 7.72. The van der Waals surface area contributed by atoms with Crippen molar-refractivity contribution in [1.29, 1.82) is 0 Å². The van der Waals surface area contributed by atoms with Crippen LogP contribution < -0.4 is 14.8 Å². The molecular weight excluding hydrogens is 392 g/mol. The van der Waals surface area contributed by atoms with Gasteiger partial charge in [0, 0.05) is 12.6 Å². The van der Waals surface area contributed by atoms with Crippen molar-refractivity contribution in [2.45, 2.75) is 59.2 Å². The quantitative estimate of drug-likeness (QED) is 0.587.